The molecule has 0 saturated carbocycles. The summed E-state index contributed by atoms with van der Waals surface area (Å²) in [5, 5.41) is 6.32. The van der Waals surface area contributed by atoms with Crippen molar-refractivity contribution in [3.8, 4) is 0 Å². The van der Waals surface area contributed by atoms with Crippen LogP contribution in [-0.2, 0) is 19.4 Å². The average Bonchev–Trinajstić information content (AvgIpc) is 3.25. The second-order valence-corrected chi connectivity index (χ2v) is 9.32. The van der Waals surface area contributed by atoms with Gasteiger partial charge in [0.1, 0.15) is 17.2 Å². The number of benzene rings is 1. The van der Waals surface area contributed by atoms with Crippen molar-refractivity contribution >= 4 is 11.7 Å². The highest BCUT2D eigenvalue weighted by Crippen LogP contribution is 2.17. The predicted octanol–water partition coefficient (Wildman–Crippen LogP) is 4.04. The van der Waals surface area contributed by atoms with Crippen molar-refractivity contribution in [1.82, 2.24) is 24.8 Å². The fourth-order valence-corrected chi connectivity index (χ4v) is 3.36. The Morgan fingerprint density at radius 2 is 1.94 bits per heavy atom. The van der Waals surface area contributed by atoms with Gasteiger partial charge >= 0.3 is 0 Å². The van der Waals surface area contributed by atoms with E-state index in [4.69, 9.17) is 0 Å². The first-order valence-corrected chi connectivity index (χ1v) is 11.2. The van der Waals surface area contributed by atoms with Gasteiger partial charge in [-0.15, -0.1) is 0 Å². The van der Waals surface area contributed by atoms with Gasteiger partial charge in [0.2, 0.25) is 0 Å². The number of amides is 1. The van der Waals surface area contributed by atoms with E-state index in [9.17, 15) is 4.79 Å². The molecule has 0 bridgehead atoms. The van der Waals surface area contributed by atoms with Gasteiger partial charge in [0, 0.05) is 38.2 Å². The highest BCUT2D eigenvalue weighted by molar-refractivity contribution is 5.98. The van der Waals surface area contributed by atoms with E-state index in [1.54, 1.807) is 12.4 Å². The molecule has 2 heterocycles. The molecule has 0 aliphatic rings. The predicted molar refractivity (Wildman–Crippen MR) is 128 cm³/mol. The molecule has 7 heteroatoms. The molecule has 1 aromatic carbocycles. The number of nitrogens with zero attached hydrogens (tertiary/aromatic N) is 4. The number of hydrogen-bond donors (Lipinski definition) is 2. The zero-order valence-electron chi connectivity index (χ0n) is 19.6. The van der Waals surface area contributed by atoms with E-state index < -0.39 is 0 Å². The van der Waals surface area contributed by atoms with E-state index in [0.29, 0.717) is 23.8 Å². The van der Waals surface area contributed by atoms with Crippen LogP contribution in [0, 0.1) is 12.3 Å². The van der Waals surface area contributed by atoms with Crippen LogP contribution in [0.25, 0.3) is 0 Å². The molecule has 0 aliphatic heterocycles. The third-order valence-corrected chi connectivity index (χ3v) is 5.07. The van der Waals surface area contributed by atoms with Crippen LogP contribution < -0.4 is 10.6 Å². The number of imidazole rings is 1. The summed E-state index contributed by atoms with van der Waals surface area (Å²) >= 11 is 0. The van der Waals surface area contributed by atoms with Gasteiger partial charge < -0.3 is 15.2 Å². The van der Waals surface area contributed by atoms with Gasteiger partial charge in [0.15, 0.2) is 0 Å². The SMILES string of the molecule is Cc1ncc(C(=O)NCCc2cccc(CCCn3ccnc3)c2)c(NCC(C)(C)C)n1. The molecular weight excluding hydrogens is 400 g/mol. The lowest BCUT2D eigenvalue weighted by Crippen LogP contribution is -2.28. The zero-order valence-corrected chi connectivity index (χ0v) is 19.6. The molecule has 3 aromatic rings. The summed E-state index contributed by atoms with van der Waals surface area (Å²) in [5.41, 5.74) is 3.09. The summed E-state index contributed by atoms with van der Waals surface area (Å²) < 4.78 is 2.10. The van der Waals surface area contributed by atoms with E-state index in [1.807, 2.05) is 19.4 Å². The summed E-state index contributed by atoms with van der Waals surface area (Å²) in [6.45, 7) is 10.5. The Morgan fingerprint density at radius 3 is 2.66 bits per heavy atom. The molecule has 170 valence electrons. The second-order valence-electron chi connectivity index (χ2n) is 9.32. The van der Waals surface area contributed by atoms with E-state index in [1.165, 1.54) is 11.1 Å². The van der Waals surface area contributed by atoms with Crippen LogP contribution in [0.5, 0.6) is 0 Å². The molecule has 7 nitrogen and oxygen atoms in total. The van der Waals surface area contributed by atoms with Crippen molar-refractivity contribution in [2.24, 2.45) is 5.41 Å². The lowest BCUT2D eigenvalue weighted by atomic mass is 9.97. The molecule has 2 N–H and O–H groups in total. The van der Waals surface area contributed by atoms with Gasteiger partial charge in [-0.2, -0.15) is 0 Å². The molecular formula is C25H34N6O. The maximum absolute atomic E-state index is 12.8. The van der Waals surface area contributed by atoms with Crippen LogP contribution in [0.3, 0.4) is 0 Å². The Morgan fingerprint density at radius 1 is 1.16 bits per heavy atom. The first-order chi connectivity index (χ1) is 15.3. The molecule has 2 aromatic heterocycles. The molecule has 0 fully saturated rings. The zero-order chi connectivity index (χ0) is 23.0. The number of carbonyl (C=O) groups excluding carboxylic acids is 1. The minimum Gasteiger partial charge on any atom is -0.369 e. The topological polar surface area (TPSA) is 84.7 Å². The third-order valence-electron chi connectivity index (χ3n) is 5.07. The van der Waals surface area contributed by atoms with Gasteiger partial charge in [-0.1, -0.05) is 45.0 Å². The molecule has 0 unspecified atom stereocenters. The number of rotatable bonds is 10. The van der Waals surface area contributed by atoms with Crippen molar-refractivity contribution < 1.29 is 4.79 Å². The molecule has 0 atom stereocenters. The maximum atomic E-state index is 12.8. The van der Waals surface area contributed by atoms with Crippen LogP contribution in [0.4, 0.5) is 5.82 Å². The fourth-order valence-electron chi connectivity index (χ4n) is 3.36. The van der Waals surface area contributed by atoms with Gasteiger partial charge in [-0.05, 0) is 42.7 Å². The fraction of sp³-hybridized carbons (Fsp3) is 0.440. The minimum atomic E-state index is -0.155. The Kier molecular flexibility index (Phi) is 7.98. The Hall–Kier alpha value is -3.22. The van der Waals surface area contributed by atoms with Crippen molar-refractivity contribution in [2.45, 2.75) is 53.5 Å². The lowest BCUT2D eigenvalue weighted by Gasteiger charge is -2.20. The number of hydrogen-bond acceptors (Lipinski definition) is 5. The van der Waals surface area contributed by atoms with Crippen molar-refractivity contribution in [2.75, 3.05) is 18.4 Å². The minimum absolute atomic E-state index is 0.0797. The van der Waals surface area contributed by atoms with Gasteiger partial charge in [0.05, 0.1) is 6.33 Å². The molecule has 0 aliphatic carbocycles. The van der Waals surface area contributed by atoms with Crippen molar-refractivity contribution in [1.29, 1.82) is 0 Å². The molecule has 0 radical (unpaired) electrons. The summed E-state index contributed by atoms with van der Waals surface area (Å²) in [6, 6.07) is 8.58. The normalized spacial score (nSPS) is 11.4. The summed E-state index contributed by atoms with van der Waals surface area (Å²) in [7, 11) is 0. The number of aromatic nitrogens is 4. The quantitative estimate of drug-likeness (QED) is 0.503. The molecule has 1 amide bonds. The van der Waals surface area contributed by atoms with E-state index in [0.717, 1.165) is 32.4 Å². The summed E-state index contributed by atoms with van der Waals surface area (Å²) in [4.78, 5) is 25.5. The Labute approximate surface area is 190 Å². The number of nitrogens with one attached hydrogen (secondary N) is 2. The second kappa shape index (κ2) is 10.9. The molecule has 0 saturated heterocycles. The Balaban J connectivity index is 1.51. The van der Waals surface area contributed by atoms with Gasteiger partial charge in [0.25, 0.3) is 5.91 Å². The van der Waals surface area contributed by atoms with E-state index in [-0.39, 0.29) is 11.3 Å². The summed E-state index contributed by atoms with van der Waals surface area (Å²) in [5.74, 6) is 1.07. The van der Waals surface area contributed by atoms with Crippen LogP contribution in [0.1, 0.15) is 54.5 Å². The van der Waals surface area contributed by atoms with Gasteiger partial charge in [-0.25, -0.2) is 15.0 Å². The first kappa shape index (κ1) is 23.4. The number of anilines is 1. The third kappa shape index (κ3) is 7.48. The standard InChI is InChI=1S/C25H34N6O/c1-19-28-16-22(23(30-19)29-17-25(2,3)4)24(32)27-11-10-21-8-5-7-20(15-21)9-6-13-31-14-12-26-18-31/h5,7-8,12,14-16,18H,6,9-11,13,17H2,1-4H3,(H,27,32)(H,28,29,30). The number of aryl methyl sites for hydroxylation is 3. The van der Waals surface area contributed by atoms with Crippen molar-refractivity contribution in [3.05, 3.63) is 71.7 Å². The van der Waals surface area contributed by atoms with Crippen LogP contribution in [-0.4, -0.2) is 38.5 Å². The first-order valence-electron chi connectivity index (χ1n) is 11.2. The largest absolute Gasteiger partial charge is 0.369 e. The Bertz CT molecular complexity index is 1010. The van der Waals surface area contributed by atoms with Crippen molar-refractivity contribution in [3.63, 3.8) is 0 Å². The van der Waals surface area contributed by atoms with Crippen LogP contribution >= 0.6 is 0 Å². The molecule has 32 heavy (non-hydrogen) atoms. The van der Waals surface area contributed by atoms with E-state index in [2.05, 4.69) is 75.2 Å². The smallest absolute Gasteiger partial charge is 0.256 e. The van der Waals surface area contributed by atoms with Gasteiger partial charge in [-0.3, -0.25) is 4.79 Å². The van der Waals surface area contributed by atoms with Crippen LogP contribution in [0.2, 0.25) is 0 Å². The average molecular weight is 435 g/mol. The van der Waals surface area contributed by atoms with E-state index >= 15 is 0 Å². The highest BCUT2D eigenvalue weighted by atomic mass is 16.1. The van der Waals surface area contributed by atoms with Crippen LogP contribution in [0.15, 0.2) is 49.2 Å². The lowest BCUT2D eigenvalue weighted by molar-refractivity contribution is 0.0954. The molecule has 3 rings (SSSR count). The molecule has 0 spiro atoms. The number of carbonyl (C=O) groups is 1. The highest BCUT2D eigenvalue weighted by Gasteiger charge is 2.16. The summed E-state index contributed by atoms with van der Waals surface area (Å²) in [6.07, 6.45) is 10.1. The maximum Gasteiger partial charge on any atom is 0.256 e. The monoisotopic (exact) mass is 434 g/mol.